The van der Waals surface area contributed by atoms with Gasteiger partial charge >= 0.3 is 0 Å². The second kappa shape index (κ2) is 5.79. The summed E-state index contributed by atoms with van der Waals surface area (Å²) in [5.41, 5.74) is -0.387. The van der Waals surface area contributed by atoms with Crippen molar-refractivity contribution >= 4 is 11.4 Å². The minimum atomic E-state index is -0.561. The normalized spacial score (nSPS) is 13.0. The van der Waals surface area contributed by atoms with Gasteiger partial charge in [-0.2, -0.15) is 0 Å². The summed E-state index contributed by atoms with van der Waals surface area (Å²) in [5, 5.41) is 14.8. The first-order valence-electron chi connectivity index (χ1n) is 5.57. The summed E-state index contributed by atoms with van der Waals surface area (Å²) < 4.78 is 0. The number of aliphatic hydroxyl groups is 1. The van der Waals surface area contributed by atoms with Crippen molar-refractivity contribution in [2.45, 2.75) is 13.0 Å². The van der Waals surface area contributed by atoms with Crippen LogP contribution in [-0.2, 0) is 0 Å². The largest absolute Gasteiger partial charge is 0.392 e. The van der Waals surface area contributed by atoms with Crippen molar-refractivity contribution in [3.8, 4) is 0 Å². The van der Waals surface area contributed by atoms with Crippen molar-refractivity contribution in [2.24, 2.45) is 0 Å². The molecule has 0 saturated carbocycles. The van der Waals surface area contributed by atoms with Gasteiger partial charge in [-0.3, -0.25) is 9.59 Å². The van der Waals surface area contributed by atoms with Gasteiger partial charge in [-0.05, 0) is 21.0 Å². The zero-order valence-corrected chi connectivity index (χ0v) is 10.4. The molecule has 1 rings (SSSR count). The highest BCUT2D eigenvalue weighted by Gasteiger charge is 2.20. The molecule has 0 spiro atoms. The number of nitrogens with zero attached hydrogens (tertiary/aromatic N) is 1. The number of aliphatic hydroxyl groups excluding tert-OH is 1. The van der Waals surface area contributed by atoms with Gasteiger partial charge in [-0.1, -0.05) is 0 Å². The molecule has 1 aromatic rings. The van der Waals surface area contributed by atoms with E-state index in [1.165, 1.54) is 0 Å². The van der Waals surface area contributed by atoms with E-state index < -0.39 is 17.0 Å². The maximum atomic E-state index is 11.3. The molecule has 1 aromatic carbocycles. The Morgan fingerprint density at radius 3 is 2.18 bits per heavy atom. The summed E-state index contributed by atoms with van der Waals surface area (Å²) >= 11 is 0. The molecule has 3 N–H and O–H groups in total. The Bertz CT molecular complexity index is 433. The molecule has 0 aliphatic rings. The lowest BCUT2D eigenvalue weighted by Crippen LogP contribution is -2.39. The van der Waals surface area contributed by atoms with Gasteiger partial charge < -0.3 is 20.6 Å². The van der Waals surface area contributed by atoms with Gasteiger partial charge in [-0.15, -0.1) is 0 Å². The zero-order chi connectivity index (χ0) is 13.0. The summed E-state index contributed by atoms with van der Waals surface area (Å²) in [7, 11) is 3.85. The average molecular weight is 241 g/mol. The summed E-state index contributed by atoms with van der Waals surface area (Å²) in [6.07, 6.45) is -0.561. The van der Waals surface area contributed by atoms with Gasteiger partial charge in [0.25, 0.3) is 10.9 Å². The topological polar surface area (TPSA) is 81.7 Å². The predicted molar refractivity (Wildman–Crippen MR) is 68.6 cm³/mol. The van der Waals surface area contributed by atoms with Gasteiger partial charge in [-0.25, -0.2) is 0 Å². The molecule has 0 radical (unpaired) electrons. The van der Waals surface area contributed by atoms with Crippen molar-refractivity contribution in [3.63, 3.8) is 0 Å². The fraction of sp³-hybridized carbons (Fsp3) is 0.636. The smallest absolute Gasteiger partial charge is 0.253 e. The summed E-state index contributed by atoms with van der Waals surface area (Å²) in [5.74, 6) is 0. The van der Waals surface area contributed by atoms with E-state index in [1.807, 2.05) is 19.0 Å². The Morgan fingerprint density at radius 2 is 1.71 bits per heavy atom. The van der Waals surface area contributed by atoms with Crippen molar-refractivity contribution in [1.82, 2.24) is 4.90 Å². The quantitative estimate of drug-likeness (QED) is 0.534. The van der Waals surface area contributed by atoms with E-state index >= 15 is 0 Å². The Kier molecular flexibility index (Phi) is 4.65. The van der Waals surface area contributed by atoms with Crippen molar-refractivity contribution < 1.29 is 5.11 Å². The standard InChI is InChI=1S/C11H19N3O3/c1-7(15)6-13-9-8(10(16)11(9)17)12-4-5-14(2)3/h7,12-13,15H,4-6H2,1-3H3/t7-/m0/s1. The van der Waals surface area contributed by atoms with E-state index in [4.69, 9.17) is 5.11 Å². The molecule has 0 heterocycles. The lowest BCUT2D eigenvalue weighted by Gasteiger charge is -2.16. The minimum Gasteiger partial charge on any atom is -0.392 e. The molecule has 0 aromatic heterocycles. The fourth-order valence-corrected chi connectivity index (χ4v) is 1.38. The third-order valence-corrected chi connectivity index (χ3v) is 2.35. The Hall–Kier alpha value is -1.40. The van der Waals surface area contributed by atoms with Gasteiger partial charge in [0.15, 0.2) is 0 Å². The maximum Gasteiger partial charge on any atom is 0.253 e. The molecular formula is C11H19N3O3. The highest BCUT2D eigenvalue weighted by Crippen LogP contribution is 2.13. The predicted octanol–water partition coefficient (Wildman–Crippen LogP) is -0.951. The first kappa shape index (κ1) is 13.7. The summed E-state index contributed by atoms with van der Waals surface area (Å²) in [6, 6.07) is 0. The molecule has 96 valence electrons. The number of nitrogens with one attached hydrogen (secondary N) is 2. The minimum absolute atomic E-state index is 0.257. The van der Waals surface area contributed by atoms with Crippen LogP contribution in [0.5, 0.6) is 0 Å². The lowest BCUT2D eigenvalue weighted by atomic mass is 10.2. The molecule has 17 heavy (non-hydrogen) atoms. The number of anilines is 2. The van der Waals surface area contributed by atoms with Gasteiger partial charge in [0.05, 0.1) is 6.10 Å². The molecule has 0 fully saturated rings. The number of hydrogen-bond acceptors (Lipinski definition) is 6. The monoisotopic (exact) mass is 241 g/mol. The Labute approximate surface area is 99.9 Å². The van der Waals surface area contributed by atoms with Crippen LogP contribution in [0.25, 0.3) is 0 Å². The van der Waals surface area contributed by atoms with Crippen LogP contribution in [0.4, 0.5) is 11.4 Å². The highest BCUT2D eigenvalue weighted by atomic mass is 16.3. The van der Waals surface area contributed by atoms with E-state index in [9.17, 15) is 9.59 Å². The summed E-state index contributed by atoms with van der Waals surface area (Å²) in [6.45, 7) is 3.24. The molecule has 0 bridgehead atoms. The molecule has 0 aliphatic heterocycles. The number of rotatable bonds is 7. The van der Waals surface area contributed by atoms with Crippen LogP contribution >= 0.6 is 0 Å². The molecule has 1 atom stereocenters. The highest BCUT2D eigenvalue weighted by molar-refractivity contribution is 5.73. The van der Waals surface area contributed by atoms with Crippen molar-refractivity contribution in [1.29, 1.82) is 0 Å². The van der Waals surface area contributed by atoms with Gasteiger partial charge in [0, 0.05) is 19.6 Å². The molecule has 0 aliphatic carbocycles. The van der Waals surface area contributed by atoms with Crippen LogP contribution in [0.2, 0.25) is 0 Å². The average Bonchev–Trinajstić information content (AvgIpc) is 2.25. The van der Waals surface area contributed by atoms with Crippen molar-refractivity contribution in [2.75, 3.05) is 44.4 Å². The van der Waals surface area contributed by atoms with E-state index in [1.54, 1.807) is 6.92 Å². The Balaban J connectivity index is 2.57. The molecule has 0 unspecified atom stereocenters. The van der Waals surface area contributed by atoms with Crippen LogP contribution in [-0.4, -0.2) is 49.8 Å². The maximum absolute atomic E-state index is 11.3. The SMILES string of the molecule is C[C@H](O)CNc1c(NCCN(C)C)c(=O)c1=O. The van der Waals surface area contributed by atoms with Crippen LogP contribution < -0.4 is 21.5 Å². The van der Waals surface area contributed by atoms with E-state index in [2.05, 4.69) is 10.6 Å². The van der Waals surface area contributed by atoms with Gasteiger partial charge in [0.2, 0.25) is 0 Å². The third-order valence-electron chi connectivity index (χ3n) is 2.35. The fourth-order valence-electron chi connectivity index (χ4n) is 1.38. The van der Waals surface area contributed by atoms with Crippen LogP contribution in [0.3, 0.4) is 0 Å². The number of hydrogen-bond donors (Lipinski definition) is 3. The van der Waals surface area contributed by atoms with Crippen molar-refractivity contribution in [3.05, 3.63) is 20.4 Å². The van der Waals surface area contributed by atoms with Crippen LogP contribution in [0.15, 0.2) is 9.59 Å². The zero-order valence-electron chi connectivity index (χ0n) is 10.4. The molecule has 6 heteroatoms. The second-order valence-corrected chi connectivity index (χ2v) is 4.37. The van der Waals surface area contributed by atoms with Gasteiger partial charge in [0.1, 0.15) is 11.4 Å². The van der Waals surface area contributed by atoms with E-state index in [-0.39, 0.29) is 12.2 Å². The molecule has 0 saturated heterocycles. The lowest BCUT2D eigenvalue weighted by molar-refractivity contribution is 0.208. The first-order valence-corrected chi connectivity index (χ1v) is 5.57. The van der Waals surface area contributed by atoms with E-state index in [0.29, 0.717) is 12.2 Å². The Morgan fingerprint density at radius 1 is 1.18 bits per heavy atom. The van der Waals surface area contributed by atoms with Crippen LogP contribution in [0, 0.1) is 0 Å². The molecular weight excluding hydrogens is 222 g/mol. The first-order chi connectivity index (χ1) is 7.93. The molecule has 6 nitrogen and oxygen atoms in total. The van der Waals surface area contributed by atoms with Crippen LogP contribution in [0.1, 0.15) is 6.92 Å². The van der Waals surface area contributed by atoms with E-state index in [0.717, 1.165) is 6.54 Å². The number of likely N-dealkylation sites (N-methyl/N-ethyl adjacent to an activating group) is 1. The molecule has 0 amide bonds. The second-order valence-electron chi connectivity index (χ2n) is 4.37. The third kappa shape index (κ3) is 3.54. The summed E-state index contributed by atoms with van der Waals surface area (Å²) in [4.78, 5) is 24.6.